The van der Waals surface area contributed by atoms with E-state index in [1.165, 1.54) is 4.90 Å². The number of nitrogens with zero attached hydrogens (tertiary/aromatic N) is 1. The molecular weight excluding hydrogens is 282 g/mol. The van der Waals surface area contributed by atoms with E-state index in [9.17, 15) is 14.7 Å². The molecule has 1 saturated heterocycles. The summed E-state index contributed by atoms with van der Waals surface area (Å²) in [6, 6.07) is 12.1. The molecule has 0 radical (unpaired) electrons. The molecule has 2 aromatic carbocycles. The van der Waals surface area contributed by atoms with E-state index in [0.717, 1.165) is 10.8 Å². The van der Waals surface area contributed by atoms with Crippen molar-refractivity contribution in [3.8, 4) is 0 Å². The van der Waals surface area contributed by atoms with Gasteiger partial charge in [-0.05, 0) is 36.8 Å². The molecule has 1 aliphatic rings. The summed E-state index contributed by atoms with van der Waals surface area (Å²) in [4.78, 5) is 25.5. The second kappa shape index (κ2) is 5.10. The van der Waals surface area contributed by atoms with E-state index < -0.39 is 17.7 Å². The van der Waals surface area contributed by atoms with E-state index in [4.69, 9.17) is 4.74 Å². The second-order valence-corrected chi connectivity index (χ2v) is 5.85. The van der Waals surface area contributed by atoms with E-state index in [-0.39, 0.29) is 12.5 Å². The zero-order valence-corrected chi connectivity index (χ0v) is 12.4. The standard InChI is InChI=1S/C17H17NO4/c1-17(2)18(14(10-22-17)16(20)21)15(19)13-8-7-11-5-3-4-6-12(11)9-13/h3-9,14H,10H2,1-2H3,(H,20,21)/t14-/m0/s1. The molecule has 1 atom stereocenters. The molecule has 0 aliphatic carbocycles. The van der Waals surface area contributed by atoms with Crippen molar-refractivity contribution in [1.82, 2.24) is 4.90 Å². The van der Waals surface area contributed by atoms with Gasteiger partial charge >= 0.3 is 5.97 Å². The zero-order valence-electron chi connectivity index (χ0n) is 12.4. The first kappa shape index (κ1) is 14.5. The number of carboxylic acid groups (broad SMARTS) is 1. The molecule has 114 valence electrons. The second-order valence-electron chi connectivity index (χ2n) is 5.85. The highest BCUT2D eigenvalue weighted by Crippen LogP contribution is 2.30. The molecule has 0 saturated carbocycles. The first-order valence-corrected chi connectivity index (χ1v) is 7.09. The predicted octanol–water partition coefficient (Wildman–Crippen LogP) is 2.50. The lowest BCUT2D eigenvalue weighted by Gasteiger charge is -2.32. The third kappa shape index (κ3) is 2.33. The Kier molecular flexibility index (Phi) is 3.37. The van der Waals surface area contributed by atoms with Crippen molar-refractivity contribution in [2.24, 2.45) is 0 Å². The molecule has 2 aromatic rings. The van der Waals surface area contributed by atoms with Gasteiger partial charge in [-0.3, -0.25) is 9.69 Å². The Morgan fingerprint density at radius 2 is 1.86 bits per heavy atom. The number of hydrogen-bond donors (Lipinski definition) is 1. The van der Waals surface area contributed by atoms with Gasteiger partial charge in [0, 0.05) is 5.56 Å². The molecule has 5 nitrogen and oxygen atoms in total. The van der Waals surface area contributed by atoms with Crippen molar-refractivity contribution in [3.05, 3.63) is 48.0 Å². The highest BCUT2D eigenvalue weighted by Gasteiger charge is 2.47. The fraction of sp³-hybridized carbons (Fsp3) is 0.294. The van der Waals surface area contributed by atoms with Gasteiger partial charge in [0.15, 0.2) is 6.04 Å². The van der Waals surface area contributed by atoms with Gasteiger partial charge in [-0.15, -0.1) is 0 Å². The summed E-state index contributed by atoms with van der Waals surface area (Å²) in [7, 11) is 0. The summed E-state index contributed by atoms with van der Waals surface area (Å²) in [5.74, 6) is -1.39. The van der Waals surface area contributed by atoms with Crippen molar-refractivity contribution in [2.75, 3.05) is 6.61 Å². The summed E-state index contributed by atoms with van der Waals surface area (Å²) in [5.41, 5.74) is -0.477. The quantitative estimate of drug-likeness (QED) is 0.925. The van der Waals surface area contributed by atoms with Crippen LogP contribution < -0.4 is 0 Å². The fourth-order valence-corrected chi connectivity index (χ4v) is 2.83. The van der Waals surface area contributed by atoms with Crippen LogP contribution in [-0.2, 0) is 9.53 Å². The number of benzene rings is 2. The van der Waals surface area contributed by atoms with E-state index >= 15 is 0 Å². The van der Waals surface area contributed by atoms with Gasteiger partial charge in [0.1, 0.15) is 5.72 Å². The minimum Gasteiger partial charge on any atom is -0.480 e. The Labute approximate surface area is 128 Å². The number of carbonyl (C=O) groups excluding carboxylic acids is 1. The van der Waals surface area contributed by atoms with Gasteiger partial charge in [0.2, 0.25) is 0 Å². The van der Waals surface area contributed by atoms with Gasteiger partial charge in [-0.25, -0.2) is 4.79 Å². The summed E-state index contributed by atoms with van der Waals surface area (Å²) in [6.45, 7) is 3.41. The molecule has 0 aromatic heterocycles. The van der Waals surface area contributed by atoms with E-state index in [0.29, 0.717) is 5.56 Å². The maximum atomic E-state index is 12.8. The first-order chi connectivity index (χ1) is 10.4. The van der Waals surface area contributed by atoms with Crippen LogP contribution in [0.15, 0.2) is 42.5 Å². The van der Waals surface area contributed by atoms with Crippen LogP contribution >= 0.6 is 0 Å². The molecule has 1 fully saturated rings. The van der Waals surface area contributed by atoms with Crippen LogP contribution in [0.5, 0.6) is 0 Å². The van der Waals surface area contributed by atoms with Gasteiger partial charge in [-0.1, -0.05) is 30.3 Å². The van der Waals surface area contributed by atoms with Crippen LogP contribution in [-0.4, -0.2) is 40.3 Å². The molecule has 22 heavy (non-hydrogen) atoms. The average Bonchev–Trinajstić information content (AvgIpc) is 2.81. The fourth-order valence-electron chi connectivity index (χ4n) is 2.83. The number of ether oxygens (including phenoxy) is 1. The first-order valence-electron chi connectivity index (χ1n) is 7.09. The molecule has 1 N–H and O–H groups in total. The predicted molar refractivity (Wildman–Crippen MR) is 81.6 cm³/mol. The minimum absolute atomic E-state index is 0.00164. The summed E-state index contributed by atoms with van der Waals surface area (Å²) in [6.07, 6.45) is 0. The van der Waals surface area contributed by atoms with Crippen LogP contribution in [0.4, 0.5) is 0 Å². The maximum Gasteiger partial charge on any atom is 0.328 e. The number of carboxylic acids is 1. The topological polar surface area (TPSA) is 66.8 Å². The van der Waals surface area contributed by atoms with Crippen molar-refractivity contribution in [2.45, 2.75) is 25.6 Å². The molecule has 0 spiro atoms. The third-order valence-corrected chi connectivity index (χ3v) is 3.99. The molecule has 1 heterocycles. The van der Waals surface area contributed by atoms with Crippen molar-refractivity contribution < 1.29 is 19.4 Å². The highest BCUT2D eigenvalue weighted by molar-refractivity contribution is 6.00. The lowest BCUT2D eigenvalue weighted by Crippen LogP contribution is -2.50. The summed E-state index contributed by atoms with van der Waals surface area (Å²) in [5, 5.41) is 11.3. The van der Waals surface area contributed by atoms with Crippen LogP contribution in [0.3, 0.4) is 0 Å². The molecule has 1 amide bonds. The minimum atomic E-state index is -1.06. The zero-order chi connectivity index (χ0) is 15.9. The Bertz CT molecular complexity index is 753. The Hall–Kier alpha value is -2.40. The molecule has 0 bridgehead atoms. The van der Waals surface area contributed by atoms with Crippen molar-refractivity contribution in [1.29, 1.82) is 0 Å². The Morgan fingerprint density at radius 1 is 1.18 bits per heavy atom. The molecular formula is C17H17NO4. The van der Waals surface area contributed by atoms with Gasteiger partial charge in [0.05, 0.1) is 6.61 Å². The Balaban J connectivity index is 2.01. The van der Waals surface area contributed by atoms with Gasteiger partial charge in [-0.2, -0.15) is 0 Å². The third-order valence-electron chi connectivity index (χ3n) is 3.99. The van der Waals surface area contributed by atoms with Crippen LogP contribution in [0.1, 0.15) is 24.2 Å². The number of aliphatic carboxylic acids is 1. The lowest BCUT2D eigenvalue weighted by molar-refractivity contribution is -0.142. The largest absolute Gasteiger partial charge is 0.480 e. The monoisotopic (exact) mass is 299 g/mol. The van der Waals surface area contributed by atoms with E-state index in [2.05, 4.69) is 0 Å². The van der Waals surface area contributed by atoms with E-state index in [1.54, 1.807) is 26.0 Å². The summed E-state index contributed by atoms with van der Waals surface area (Å²) < 4.78 is 5.48. The number of carbonyl (C=O) groups is 2. The van der Waals surface area contributed by atoms with Crippen molar-refractivity contribution in [3.63, 3.8) is 0 Å². The normalized spacial score (nSPS) is 20.3. The number of amides is 1. The van der Waals surface area contributed by atoms with Crippen LogP contribution in [0.25, 0.3) is 10.8 Å². The lowest BCUT2D eigenvalue weighted by atomic mass is 10.0. The number of hydrogen-bond acceptors (Lipinski definition) is 3. The molecule has 0 unspecified atom stereocenters. The molecule has 5 heteroatoms. The maximum absolute atomic E-state index is 12.8. The van der Waals surface area contributed by atoms with E-state index in [1.807, 2.05) is 30.3 Å². The SMILES string of the molecule is CC1(C)OC[C@@H](C(=O)O)N1C(=O)c1ccc2ccccc2c1. The number of rotatable bonds is 2. The van der Waals surface area contributed by atoms with Gasteiger partial charge in [0.25, 0.3) is 5.91 Å². The van der Waals surface area contributed by atoms with Crippen molar-refractivity contribution >= 4 is 22.6 Å². The summed E-state index contributed by atoms with van der Waals surface area (Å²) >= 11 is 0. The molecule has 1 aliphatic heterocycles. The highest BCUT2D eigenvalue weighted by atomic mass is 16.5. The van der Waals surface area contributed by atoms with Crippen LogP contribution in [0.2, 0.25) is 0 Å². The smallest absolute Gasteiger partial charge is 0.328 e. The Morgan fingerprint density at radius 3 is 2.55 bits per heavy atom. The van der Waals surface area contributed by atoms with Crippen LogP contribution in [0, 0.1) is 0 Å². The molecule has 3 rings (SSSR count). The number of fused-ring (bicyclic) bond motifs is 1. The average molecular weight is 299 g/mol. The van der Waals surface area contributed by atoms with Gasteiger partial charge < -0.3 is 9.84 Å².